The molecule has 4 heterocycles. The topological polar surface area (TPSA) is 68.0 Å². The summed E-state index contributed by atoms with van der Waals surface area (Å²) in [7, 11) is 0. The first-order chi connectivity index (χ1) is 35.6. The van der Waals surface area contributed by atoms with Crippen molar-refractivity contribution in [1.29, 1.82) is 5.26 Å². The Kier molecular flexibility index (Phi) is 13.2. The van der Waals surface area contributed by atoms with Crippen LogP contribution in [0.15, 0.2) is 117 Å². The molecule has 12 rings (SSSR count). The van der Waals surface area contributed by atoms with Gasteiger partial charge in [0.1, 0.15) is 0 Å². The van der Waals surface area contributed by atoms with Gasteiger partial charge in [-0.3, -0.25) is 16.0 Å². The Morgan fingerprint density at radius 3 is 2.23 bits per heavy atom. The van der Waals surface area contributed by atoms with E-state index in [4.69, 9.17) is 0 Å². The second-order valence-electron chi connectivity index (χ2n) is 29.0. The lowest BCUT2D eigenvalue weighted by Crippen LogP contribution is -2.69. The summed E-state index contributed by atoms with van der Waals surface area (Å²) in [5, 5.41) is 26.5. The summed E-state index contributed by atoms with van der Waals surface area (Å²) in [5.74, 6) is 2.22. The number of hydrogen-bond acceptors (Lipinski definition) is 6. The molecule has 0 amide bonds. The van der Waals surface area contributed by atoms with Crippen LogP contribution in [0.5, 0.6) is 0 Å². The predicted molar refractivity (Wildman–Crippen MR) is 315 cm³/mol. The molecule has 0 bridgehead atoms. The zero-order valence-corrected chi connectivity index (χ0v) is 48.7. The second kappa shape index (κ2) is 19.1. The molecule has 2 saturated heterocycles. The molecule has 1 saturated carbocycles. The predicted octanol–water partition coefficient (Wildman–Crippen LogP) is 15.8. The second-order valence-corrected chi connectivity index (χ2v) is 30.3. The van der Waals surface area contributed by atoms with Crippen molar-refractivity contribution in [3.05, 3.63) is 134 Å². The third-order valence-corrected chi connectivity index (χ3v) is 21.9. The molecule has 3 N–H and O–H groups in total. The minimum atomic E-state index is -0.244. The van der Waals surface area contributed by atoms with Crippen LogP contribution >= 0.6 is 11.8 Å². The fourth-order valence-corrected chi connectivity index (χ4v) is 17.4. The lowest BCUT2D eigenvalue weighted by molar-refractivity contribution is 0.0620. The van der Waals surface area contributed by atoms with Gasteiger partial charge in [0.05, 0.1) is 42.6 Å². The minimum absolute atomic E-state index is 0.0148. The van der Waals surface area contributed by atoms with E-state index in [2.05, 4.69) is 205 Å². The van der Waals surface area contributed by atoms with Gasteiger partial charge in [-0.15, -0.1) is 11.8 Å². The Hall–Kier alpha value is -4.06. The van der Waals surface area contributed by atoms with Crippen molar-refractivity contribution in [2.45, 2.75) is 214 Å². The summed E-state index contributed by atoms with van der Waals surface area (Å²) in [6, 6.07) is 11.1. The van der Waals surface area contributed by atoms with Gasteiger partial charge in [-0.25, -0.2) is 0 Å². The van der Waals surface area contributed by atoms with E-state index in [9.17, 15) is 5.26 Å². The van der Waals surface area contributed by atoms with Crippen LogP contribution in [-0.4, -0.2) is 45.3 Å². The molecule has 1 aromatic carbocycles. The van der Waals surface area contributed by atoms with Crippen LogP contribution in [0, 0.1) is 57.2 Å². The highest BCUT2D eigenvalue weighted by atomic mass is 32.2. The molecule has 12 unspecified atom stereocenters. The summed E-state index contributed by atoms with van der Waals surface area (Å²) in [4.78, 5) is 4.51. The monoisotopic (exact) mass is 1020 g/mol. The van der Waals surface area contributed by atoms with Crippen LogP contribution in [0.4, 0.5) is 0 Å². The molecule has 12 atom stereocenters. The standard InChI is InChI=1S/C68H90N6S/c1-65(2,3)43-23-27-54-48(34-43)49-35-44(66(4,5)6)24-28-55(49)73(54)58-38-59(74-56-29-25-45(67(7,8)9)36-50(56)51-37-46(68(10,11)12)26-30-57(51)74)53(33-42(58)39-69)64-71-62(40-18-14-13-15-19-40)70-63(72-64)41-22-31-61-52(32-41)47-20-16-17-21-60(47)75-61/h13-14,16-18,21-22,25,29,32-33,36-37,42-44,47-48,54,58-59,61-64,70-72H,15,19-20,23-24,26-28,30-31,34-35,38H2,1-12H3. The fourth-order valence-electron chi connectivity index (χ4n) is 15.9. The van der Waals surface area contributed by atoms with Gasteiger partial charge in [0.25, 0.3) is 0 Å². The van der Waals surface area contributed by atoms with E-state index in [0.29, 0.717) is 35.0 Å². The lowest BCUT2D eigenvalue weighted by atomic mass is 9.64. The maximum absolute atomic E-state index is 11.9. The summed E-state index contributed by atoms with van der Waals surface area (Å²) in [6.45, 7) is 29.2. The van der Waals surface area contributed by atoms with Crippen molar-refractivity contribution < 1.29 is 0 Å². The van der Waals surface area contributed by atoms with Crippen LogP contribution in [0.1, 0.15) is 183 Å². The van der Waals surface area contributed by atoms with Crippen molar-refractivity contribution in [2.75, 3.05) is 0 Å². The van der Waals surface area contributed by atoms with Crippen molar-refractivity contribution >= 4 is 28.7 Å². The zero-order valence-electron chi connectivity index (χ0n) is 47.9. The first kappa shape index (κ1) is 51.7. The molecular weight excluding hydrogens is 933 g/mol. The summed E-state index contributed by atoms with van der Waals surface area (Å²) < 4.78 is 2.85. The van der Waals surface area contributed by atoms with Gasteiger partial charge in [-0.05, 0) is 167 Å². The molecule has 0 radical (unpaired) electrons. The molecule has 2 aromatic rings. The maximum Gasteiger partial charge on any atom is 0.0861 e. The van der Waals surface area contributed by atoms with Gasteiger partial charge in [-0.2, -0.15) is 5.26 Å². The number of nitrogens with one attached hydrogen (secondary N) is 3. The SMILES string of the molecule is CC(C)(C)C1=Cc2c(n(C3CC(N4C5=C(CC(C(C)(C)C)CC5)C5CC(C(C)(C)C)CCC54)C(C#N)C=C3C3NC(C4=CCC5SC6=CC=CCC6C5=C4)NC(C4=CC=CCC4)N3)c3ccc(C(C)(C)C)cc23)CC1. The van der Waals surface area contributed by atoms with E-state index in [-0.39, 0.29) is 58.2 Å². The normalized spacial score (nSPS) is 34.0. The van der Waals surface area contributed by atoms with E-state index >= 15 is 0 Å². The Morgan fingerprint density at radius 2 is 1.49 bits per heavy atom. The number of benzene rings is 1. The van der Waals surface area contributed by atoms with E-state index in [1.165, 1.54) is 81.5 Å². The molecular formula is C68H90N6S. The quantitative estimate of drug-likeness (QED) is 0.259. The summed E-state index contributed by atoms with van der Waals surface area (Å²) in [5.41, 5.74) is 17.0. The molecule has 10 aliphatic rings. The molecule has 3 fully saturated rings. The first-order valence-corrected chi connectivity index (χ1v) is 30.6. The van der Waals surface area contributed by atoms with E-state index < -0.39 is 0 Å². The molecule has 6 nitrogen and oxygen atoms in total. The van der Waals surface area contributed by atoms with Crippen molar-refractivity contribution in [3.63, 3.8) is 0 Å². The van der Waals surface area contributed by atoms with Crippen LogP contribution in [-0.2, 0) is 11.8 Å². The first-order valence-electron chi connectivity index (χ1n) is 29.7. The number of aromatic nitrogens is 1. The van der Waals surface area contributed by atoms with E-state index in [0.717, 1.165) is 51.4 Å². The van der Waals surface area contributed by atoms with Gasteiger partial charge < -0.3 is 9.47 Å². The number of nitriles is 1. The number of thioether (sulfide) groups is 1. The van der Waals surface area contributed by atoms with Crippen LogP contribution < -0.4 is 16.0 Å². The molecule has 398 valence electrons. The fraction of sp³-hybridized carbons (Fsp3) is 0.603. The molecule has 7 aliphatic carbocycles. The Bertz CT molecular complexity index is 2960. The van der Waals surface area contributed by atoms with Gasteiger partial charge in [0.2, 0.25) is 0 Å². The van der Waals surface area contributed by atoms with Crippen molar-refractivity contribution in [2.24, 2.45) is 45.8 Å². The number of rotatable bonds is 5. The van der Waals surface area contributed by atoms with Gasteiger partial charge in [0.15, 0.2) is 0 Å². The highest BCUT2D eigenvalue weighted by molar-refractivity contribution is 8.04. The Morgan fingerprint density at radius 1 is 0.720 bits per heavy atom. The molecule has 75 heavy (non-hydrogen) atoms. The van der Waals surface area contributed by atoms with E-state index in [1.807, 2.05) is 0 Å². The average Bonchev–Trinajstić information content (AvgIpc) is 4.14. The third-order valence-electron chi connectivity index (χ3n) is 20.5. The van der Waals surface area contributed by atoms with E-state index in [1.54, 1.807) is 22.4 Å². The number of hydrogen-bond donors (Lipinski definition) is 3. The number of allylic oxidation sites excluding steroid dienone is 10. The molecule has 1 aromatic heterocycles. The Balaban J connectivity index is 1.02. The van der Waals surface area contributed by atoms with Crippen molar-refractivity contribution in [1.82, 2.24) is 25.4 Å². The third kappa shape index (κ3) is 9.34. The van der Waals surface area contributed by atoms with Gasteiger partial charge >= 0.3 is 0 Å². The molecule has 7 heteroatoms. The van der Waals surface area contributed by atoms with Crippen LogP contribution in [0.25, 0.3) is 17.0 Å². The number of nitrogens with zero attached hydrogens (tertiary/aromatic N) is 3. The van der Waals surface area contributed by atoms with Crippen LogP contribution in [0.3, 0.4) is 0 Å². The highest BCUT2D eigenvalue weighted by Gasteiger charge is 2.53. The van der Waals surface area contributed by atoms with Gasteiger partial charge in [0, 0.05) is 51.0 Å². The number of fused-ring (bicyclic) bond motifs is 8. The molecule has 3 aliphatic heterocycles. The summed E-state index contributed by atoms with van der Waals surface area (Å²) in [6.07, 6.45) is 38.5. The summed E-state index contributed by atoms with van der Waals surface area (Å²) >= 11 is 2.09. The average molecular weight is 1020 g/mol. The van der Waals surface area contributed by atoms with Crippen LogP contribution in [0.2, 0.25) is 0 Å². The smallest absolute Gasteiger partial charge is 0.0861 e. The van der Waals surface area contributed by atoms with Gasteiger partial charge in [-0.1, -0.05) is 155 Å². The Labute approximate surface area is 456 Å². The zero-order chi connectivity index (χ0) is 52.5. The lowest BCUT2D eigenvalue weighted by Gasteiger charge is -2.50. The largest absolute Gasteiger partial charge is 0.367 e. The van der Waals surface area contributed by atoms with Crippen molar-refractivity contribution in [3.8, 4) is 6.07 Å². The maximum atomic E-state index is 11.9. The molecule has 0 spiro atoms. The highest BCUT2D eigenvalue weighted by Crippen LogP contribution is 2.58. The minimum Gasteiger partial charge on any atom is -0.367 e.